The normalized spacial score (nSPS) is 11.5. The summed E-state index contributed by atoms with van der Waals surface area (Å²) in [5.74, 6) is -1.75. The third kappa shape index (κ3) is 6.88. The fourth-order valence-electron chi connectivity index (χ4n) is 2.55. The van der Waals surface area contributed by atoms with Crippen LogP contribution in [0.15, 0.2) is 48.5 Å². The van der Waals surface area contributed by atoms with Gasteiger partial charge in [0.1, 0.15) is 17.6 Å². The number of nitrogens with one attached hydrogen (secondary N) is 2. The molecule has 0 fully saturated rings. The zero-order chi connectivity index (χ0) is 22.1. The largest absolute Gasteiger partial charge is 0.497 e. The van der Waals surface area contributed by atoms with Crippen molar-refractivity contribution < 1.29 is 28.2 Å². The number of methoxy groups -OCH3 is 1. The summed E-state index contributed by atoms with van der Waals surface area (Å²) < 4.78 is 23.1. The molecular weight excluding hydrogens is 391 g/mol. The molecule has 0 saturated carbocycles. The summed E-state index contributed by atoms with van der Waals surface area (Å²) in [6.07, 6.45) is 0. The van der Waals surface area contributed by atoms with Crippen molar-refractivity contribution in [3.8, 4) is 5.75 Å². The number of benzene rings is 2. The summed E-state index contributed by atoms with van der Waals surface area (Å²) in [6, 6.07) is 11.2. The first-order chi connectivity index (χ1) is 14.3. The molecule has 7 nitrogen and oxygen atoms in total. The van der Waals surface area contributed by atoms with Crippen LogP contribution < -0.4 is 15.4 Å². The molecule has 0 aliphatic rings. The fraction of sp³-hybridized carbons (Fsp3) is 0.318. The first-order valence-corrected chi connectivity index (χ1v) is 9.43. The number of ether oxygens (including phenoxy) is 2. The number of hydrogen-bond acceptors (Lipinski definition) is 5. The molecule has 0 heterocycles. The Morgan fingerprint density at radius 1 is 1.00 bits per heavy atom. The molecule has 2 rings (SSSR count). The molecule has 0 saturated heterocycles. The van der Waals surface area contributed by atoms with Crippen LogP contribution >= 0.6 is 0 Å². The van der Waals surface area contributed by atoms with E-state index in [0.717, 1.165) is 17.7 Å². The van der Waals surface area contributed by atoms with Gasteiger partial charge in [0.15, 0.2) is 6.61 Å². The second kappa shape index (κ2) is 10.9. The van der Waals surface area contributed by atoms with Crippen LogP contribution in [0.4, 0.5) is 4.39 Å². The average molecular weight is 416 g/mol. The summed E-state index contributed by atoms with van der Waals surface area (Å²) in [4.78, 5) is 36.6. The Balaban J connectivity index is 1.84. The van der Waals surface area contributed by atoms with Crippen molar-refractivity contribution in [3.63, 3.8) is 0 Å². The molecule has 160 valence electrons. The predicted molar refractivity (Wildman–Crippen MR) is 108 cm³/mol. The number of hydrogen-bond donors (Lipinski definition) is 2. The lowest BCUT2D eigenvalue weighted by atomic mass is 10.0. The highest BCUT2D eigenvalue weighted by Crippen LogP contribution is 2.11. The average Bonchev–Trinajstić information content (AvgIpc) is 2.74. The molecule has 0 aromatic heterocycles. The monoisotopic (exact) mass is 416 g/mol. The summed E-state index contributed by atoms with van der Waals surface area (Å²) in [5, 5.41) is 5.22. The second-order valence-corrected chi connectivity index (χ2v) is 6.93. The Bertz CT molecular complexity index is 866. The van der Waals surface area contributed by atoms with E-state index < -0.39 is 36.2 Å². The van der Waals surface area contributed by atoms with Crippen molar-refractivity contribution >= 4 is 17.8 Å². The standard InChI is InChI=1S/C22H25FN2O5/c1-14(2)20(25-21(27)16-6-8-17(23)9-7-16)22(28)30-13-19(26)24-12-15-4-10-18(29-3)11-5-15/h4-11,14,20H,12-13H2,1-3H3,(H,24,26)(H,25,27)/t20-/m1/s1. The highest BCUT2D eigenvalue weighted by Gasteiger charge is 2.26. The van der Waals surface area contributed by atoms with Crippen LogP contribution in [0.5, 0.6) is 5.75 Å². The van der Waals surface area contributed by atoms with Crippen LogP contribution in [-0.4, -0.2) is 37.5 Å². The van der Waals surface area contributed by atoms with E-state index in [4.69, 9.17) is 9.47 Å². The van der Waals surface area contributed by atoms with E-state index in [2.05, 4.69) is 10.6 Å². The Labute approximate surface area is 174 Å². The molecule has 0 aliphatic carbocycles. The van der Waals surface area contributed by atoms with Crippen molar-refractivity contribution in [2.75, 3.05) is 13.7 Å². The summed E-state index contributed by atoms with van der Waals surface area (Å²) in [5.41, 5.74) is 1.08. The Morgan fingerprint density at radius 3 is 2.20 bits per heavy atom. The third-order valence-corrected chi connectivity index (χ3v) is 4.31. The molecule has 1 atom stereocenters. The first kappa shape index (κ1) is 22.9. The quantitative estimate of drug-likeness (QED) is 0.613. The highest BCUT2D eigenvalue weighted by atomic mass is 19.1. The molecular formula is C22H25FN2O5. The number of amides is 2. The van der Waals surface area contributed by atoms with Gasteiger partial charge in [0.05, 0.1) is 7.11 Å². The van der Waals surface area contributed by atoms with E-state index in [1.54, 1.807) is 33.1 Å². The number of carbonyl (C=O) groups excluding carboxylic acids is 3. The zero-order valence-electron chi connectivity index (χ0n) is 17.1. The van der Waals surface area contributed by atoms with Gasteiger partial charge in [0, 0.05) is 12.1 Å². The van der Waals surface area contributed by atoms with Crippen molar-refractivity contribution in [2.24, 2.45) is 5.92 Å². The lowest BCUT2D eigenvalue weighted by molar-refractivity contribution is -0.151. The highest BCUT2D eigenvalue weighted by molar-refractivity contribution is 5.97. The number of esters is 1. The smallest absolute Gasteiger partial charge is 0.329 e. The fourth-order valence-corrected chi connectivity index (χ4v) is 2.55. The van der Waals surface area contributed by atoms with Gasteiger partial charge in [-0.25, -0.2) is 9.18 Å². The van der Waals surface area contributed by atoms with Crippen molar-refractivity contribution in [2.45, 2.75) is 26.4 Å². The number of rotatable bonds is 9. The van der Waals surface area contributed by atoms with Crippen LogP contribution in [0.1, 0.15) is 29.8 Å². The molecule has 2 N–H and O–H groups in total. The third-order valence-electron chi connectivity index (χ3n) is 4.31. The van der Waals surface area contributed by atoms with E-state index >= 15 is 0 Å². The number of carbonyl (C=O) groups is 3. The minimum Gasteiger partial charge on any atom is -0.497 e. The lowest BCUT2D eigenvalue weighted by Gasteiger charge is -2.20. The second-order valence-electron chi connectivity index (χ2n) is 6.93. The van der Waals surface area contributed by atoms with Gasteiger partial charge in [0.2, 0.25) is 0 Å². The van der Waals surface area contributed by atoms with Gasteiger partial charge in [-0.15, -0.1) is 0 Å². The van der Waals surface area contributed by atoms with Crippen LogP contribution in [0.3, 0.4) is 0 Å². The topological polar surface area (TPSA) is 93.7 Å². The van der Waals surface area contributed by atoms with Crippen molar-refractivity contribution in [1.29, 1.82) is 0 Å². The molecule has 0 aliphatic heterocycles. The van der Waals surface area contributed by atoms with Gasteiger partial charge in [-0.2, -0.15) is 0 Å². The van der Waals surface area contributed by atoms with Crippen LogP contribution in [0.25, 0.3) is 0 Å². The van der Waals surface area contributed by atoms with E-state index in [1.165, 1.54) is 12.1 Å². The minimum atomic E-state index is -0.947. The SMILES string of the molecule is COc1ccc(CNC(=O)COC(=O)[C@H](NC(=O)c2ccc(F)cc2)C(C)C)cc1. The van der Waals surface area contributed by atoms with Gasteiger partial charge in [-0.1, -0.05) is 26.0 Å². The van der Waals surface area contributed by atoms with Gasteiger partial charge < -0.3 is 20.1 Å². The molecule has 0 unspecified atom stereocenters. The maximum absolute atomic E-state index is 13.0. The molecule has 2 aromatic rings. The molecule has 0 spiro atoms. The van der Waals surface area contributed by atoms with Gasteiger partial charge in [-0.3, -0.25) is 9.59 Å². The minimum absolute atomic E-state index is 0.215. The van der Waals surface area contributed by atoms with Crippen LogP contribution in [-0.2, 0) is 20.9 Å². The van der Waals surface area contributed by atoms with Gasteiger partial charge >= 0.3 is 5.97 Å². The van der Waals surface area contributed by atoms with E-state index in [-0.39, 0.29) is 18.0 Å². The summed E-state index contributed by atoms with van der Waals surface area (Å²) in [7, 11) is 1.57. The van der Waals surface area contributed by atoms with E-state index in [0.29, 0.717) is 5.75 Å². The van der Waals surface area contributed by atoms with Crippen LogP contribution in [0, 0.1) is 11.7 Å². The Morgan fingerprint density at radius 2 is 1.63 bits per heavy atom. The Hall–Kier alpha value is -3.42. The lowest BCUT2D eigenvalue weighted by Crippen LogP contribution is -2.46. The van der Waals surface area contributed by atoms with Crippen molar-refractivity contribution in [3.05, 3.63) is 65.5 Å². The molecule has 2 amide bonds. The number of halogens is 1. The van der Waals surface area contributed by atoms with E-state index in [9.17, 15) is 18.8 Å². The molecule has 0 bridgehead atoms. The van der Waals surface area contributed by atoms with Crippen LogP contribution in [0.2, 0.25) is 0 Å². The molecule has 2 aromatic carbocycles. The van der Waals surface area contributed by atoms with Crippen molar-refractivity contribution in [1.82, 2.24) is 10.6 Å². The zero-order valence-corrected chi connectivity index (χ0v) is 17.1. The molecule has 8 heteroatoms. The van der Waals surface area contributed by atoms with Gasteiger partial charge in [-0.05, 0) is 47.9 Å². The van der Waals surface area contributed by atoms with Gasteiger partial charge in [0.25, 0.3) is 11.8 Å². The molecule has 0 radical (unpaired) electrons. The Kier molecular flexibility index (Phi) is 8.34. The molecule has 30 heavy (non-hydrogen) atoms. The maximum atomic E-state index is 13.0. The van der Waals surface area contributed by atoms with E-state index in [1.807, 2.05) is 12.1 Å². The maximum Gasteiger partial charge on any atom is 0.329 e. The summed E-state index contributed by atoms with van der Waals surface area (Å²) >= 11 is 0. The summed E-state index contributed by atoms with van der Waals surface area (Å²) in [6.45, 7) is 3.28. The predicted octanol–water partition coefficient (Wildman–Crippen LogP) is 2.45. The first-order valence-electron chi connectivity index (χ1n) is 9.43.